The summed E-state index contributed by atoms with van der Waals surface area (Å²) in [5.41, 5.74) is 0. The van der Waals surface area contributed by atoms with E-state index in [9.17, 15) is 0 Å². The summed E-state index contributed by atoms with van der Waals surface area (Å²) < 4.78 is 2.93. The lowest BCUT2D eigenvalue weighted by Crippen LogP contribution is -2.52. The molecule has 0 aromatic carbocycles. The van der Waals surface area contributed by atoms with Crippen LogP contribution >= 0.6 is 0 Å². The Kier molecular flexibility index (Phi) is 5.61. The van der Waals surface area contributed by atoms with Gasteiger partial charge in [0.2, 0.25) is 0 Å². The van der Waals surface area contributed by atoms with Gasteiger partial charge >= 0.3 is 0 Å². The van der Waals surface area contributed by atoms with Crippen molar-refractivity contribution in [3.63, 3.8) is 0 Å². The highest BCUT2D eigenvalue weighted by atomic mass is 28.4. The molecular formula is C9H26N2Si3. The first-order chi connectivity index (χ1) is 6.61. The fourth-order valence-electron chi connectivity index (χ4n) is 2.33. The fraction of sp³-hybridized carbons (Fsp3) is 1.00. The number of nitrogens with one attached hydrogen (secondary N) is 1. The third-order valence-corrected chi connectivity index (χ3v) is 16.1. The van der Waals surface area contributed by atoms with Crippen LogP contribution in [0, 0.1) is 0 Å². The molecule has 0 spiro atoms. The first-order valence-electron chi connectivity index (χ1n) is 6.10. The monoisotopic (exact) mass is 246 g/mol. The van der Waals surface area contributed by atoms with Crippen LogP contribution in [0.3, 0.4) is 0 Å². The molecule has 2 nitrogen and oxygen atoms in total. The zero-order valence-electron chi connectivity index (χ0n) is 10.2. The first-order valence-corrected chi connectivity index (χ1v) is 13.1. The second-order valence-electron chi connectivity index (χ2n) is 5.05. The molecule has 0 heterocycles. The Morgan fingerprint density at radius 2 is 1.57 bits per heavy atom. The van der Waals surface area contributed by atoms with Crippen LogP contribution in [0.15, 0.2) is 0 Å². The Labute approximate surface area is 94.8 Å². The molecule has 0 saturated heterocycles. The zero-order valence-corrected chi connectivity index (χ0v) is 13.9. The third kappa shape index (κ3) is 3.98. The highest BCUT2D eigenvalue weighted by Crippen LogP contribution is 2.17. The molecule has 5 heteroatoms. The molecule has 1 N–H and O–H groups in total. The lowest BCUT2D eigenvalue weighted by atomic mass is 10.3. The van der Waals surface area contributed by atoms with Crippen molar-refractivity contribution in [3.05, 3.63) is 0 Å². The van der Waals surface area contributed by atoms with Gasteiger partial charge in [-0.2, -0.15) is 0 Å². The van der Waals surface area contributed by atoms with Gasteiger partial charge in [0.1, 0.15) is 0 Å². The number of rotatable bonds is 5. The minimum absolute atomic E-state index is 0.0923. The van der Waals surface area contributed by atoms with Crippen LogP contribution in [-0.4, -0.2) is 37.7 Å². The predicted octanol–water partition coefficient (Wildman–Crippen LogP) is 0.786. The van der Waals surface area contributed by atoms with Crippen molar-refractivity contribution in [2.45, 2.75) is 57.9 Å². The maximum Gasteiger partial charge on any atom is 0.156 e. The van der Waals surface area contributed by atoms with E-state index in [4.69, 9.17) is 0 Å². The van der Waals surface area contributed by atoms with Crippen molar-refractivity contribution >= 4 is 27.8 Å². The minimum Gasteiger partial charge on any atom is -0.366 e. The van der Waals surface area contributed by atoms with E-state index in [1.54, 1.807) is 0 Å². The van der Waals surface area contributed by atoms with Gasteiger partial charge in [-0.05, 0) is 12.8 Å². The highest BCUT2D eigenvalue weighted by Gasteiger charge is 2.19. The predicted molar refractivity (Wildman–Crippen MR) is 73.5 cm³/mol. The summed E-state index contributed by atoms with van der Waals surface area (Å²) in [4.78, 5) is 3.88. The molecule has 1 aliphatic rings. The van der Waals surface area contributed by atoms with E-state index < -0.39 is 17.9 Å². The highest BCUT2D eigenvalue weighted by molar-refractivity contribution is 6.79. The van der Waals surface area contributed by atoms with E-state index in [0.717, 1.165) is 6.04 Å². The van der Waals surface area contributed by atoms with Crippen molar-refractivity contribution in [1.82, 2.24) is 8.88 Å². The van der Waals surface area contributed by atoms with Gasteiger partial charge in [-0.15, -0.1) is 0 Å². The summed E-state index contributed by atoms with van der Waals surface area (Å²) in [5, 5.41) is 0. The third-order valence-electron chi connectivity index (χ3n) is 3.24. The van der Waals surface area contributed by atoms with Crippen LogP contribution < -0.4 is 4.98 Å². The fourth-order valence-corrected chi connectivity index (χ4v) is 11.5. The molecule has 0 radical (unpaired) electrons. The van der Waals surface area contributed by atoms with Crippen LogP contribution in [0.25, 0.3) is 0 Å². The van der Waals surface area contributed by atoms with Crippen LogP contribution in [0.4, 0.5) is 0 Å². The molecule has 0 aromatic rings. The lowest BCUT2D eigenvalue weighted by molar-refractivity contribution is 0.633. The molecule has 84 valence electrons. The maximum absolute atomic E-state index is 3.88. The second-order valence-corrected chi connectivity index (χ2v) is 14.3. The van der Waals surface area contributed by atoms with Crippen LogP contribution in [0.1, 0.15) is 25.7 Å². The molecule has 0 atom stereocenters. The summed E-state index contributed by atoms with van der Waals surface area (Å²) in [5.74, 6) is 0. The normalized spacial score (nSPS) is 19.9. The molecule has 1 fully saturated rings. The second kappa shape index (κ2) is 6.22. The molecule has 14 heavy (non-hydrogen) atoms. The van der Waals surface area contributed by atoms with E-state index in [0.29, 0.717) is 0 Å². The minimum atomic E-state index is -0.510. The Balaban J connectivity index is 2.25. The molecule has 0 aliphatic heterocycles. The van der Waals surface area contributed by atoms with Crippen molar-refractivity contribution in [3.8, 4) is 0 Å². The number of hydrogen-bond acceptors (Lipinski definition) is 2. The lowest BCUT2D eigenvalue weighted by Gasteiger charge is -2.30. The van der Waals surface area contributed by atoms with Gasteiger partial charge in [-0.3, -0.25) is 0 Å². The number of nitrogens with zero attached hydrogens (tertiary/aromatic N) is 1. The molecule has 0 bridgehead atoms. The maximum atomic E-state index is 3.88. The Bertz CT molecular complexity index is 150. The van der Waals surface area contributed by atoms with E-state index in [2.05, 4.69) is 35.1 Å². The van der Waals surface area contributed by atoms with E-state index in [-0.39, 0.29) is 9.84 Å². The molecule has 0 aromatic heterocycles. The average Bonchev–Trinajstić information content (AvgIpc) is 2.55. The van der Waals surface area contributed by atoms with Crippen LogP contribution in [-0.2, 0) is 0 Å². The Morgan fingerprint density at radius 1 is 1.07 bits per heavy atom. The largest absolute Gasteiger partial charge is 0.366 e. The number of hydrogen-bond donors (Lipinski definition) is 1. The van der Waals surface area contributed by atoms with Gasteiger partial charge < -0.3 is 8.88 Å². The van der Waals surface area contributed by atoms with Crippen LogP contribution in [0.2, 0.25) is 26.2 Å². The summed E-state index contributed by atoms with van der Waals surface area (Å²) in [7, 11) is -1.11. The SMILES string of the molecule is C[SiH](C)N([SiH2]NC1CCCC1)[SiH](C)C. The van der Waals surface area contributed by atoms with Gasteiger partial charge in [-0.1, -0.05) is 39.0 Å². The molecule has 0 unspecified atom stereocenters. The zero-order chi connectivity index (χ0) is 10.6. The van der Waals surface area contributed by atoms with Gasteiger partial charge in [0.25, 0.3) is 0 Å². The summed E-state index contributed by atoms with van der Waals surface area (Å²) in [6.45, 7) is 9.93. The van der Waals surface area contributed by atoms with Gasteiger partial charge in [0.05, 0.1) is 17.9 Å². The van der Waals surface area contributed by atoms with E-state index in [1.807, 2.05) is 0 Å². The van der Waals surface area contributed by atoms with Gasteiger partial charge in [0, 0.05) is 6.04 Å². The van der Waals surface area contributed by atoms with E-state index in [1.165, 1.54) is 25.7 Å². The topological polar surface area (TPSA) is 15.3 Å². The van der Waals surface area contributed by atoms with Gasteiger partial charge in [-0.25, -0.2) is 0 Å². The summed E-state index contributed by atoms with van der Waals surface area (Å²) in [6.07, 6.45) is 5.81. The van der Waals surface area contributed by atoms with Crippen molar-refractivity contribution in [2.24, 2.45) is 0 Å². The quantitative estimate of drug-likeness (QED) is 0.722. The molecular weight excluding hydrogens is 220 g/mol. The first kappa shape index (κ1) is 12.6. The van der Waals surface area contributed by atoms with E-state index >= 15 is 0 Å². The van der Waals surface area contributed by atoms with Crippen molar-refractivity contribution in [1.29, 1.82) is 0 Å². The Hall–Kier alpha value is 0.571. The molecule has 1 saturated carbocycles. The molecule has 1 aliphatic carbocycles. The smallest absolute Gasteiger partial charge is 0.156 e. The van der Waals surface area contributed by atoms with Crippen molar-refractivity contribution in [2.75, 3.05) is 0 Å². The van der Waals surface area contributed by atoms with Crippen molar-refractivity contribution < 1.29 is 0 Å². The van der Waals surface area contributed by atoms with Gasteiger partial charge in [0.15, 0.2) is 9.84 Å². The average molecular weight is 247 g/mol. The summed E-state index contributed by atoms with van der Waals surface area (Å²) >= 11 is 0. The standard InChI is InChI=1S/C9H26N2Si3/c1-13(2)11(14(3)4)12-10-9-7-5-6-8-9/h9-10,13-14H,5-8,12H2,1-4H3. The molecule has 1 rings (SSSR count). The summed E-state index contributed by atoms with van der Waals surface area (Å²) in [6, 6.07) is 0.893. The van der Waals surface area contributed by atoms with Crippen LogP contribution in [0.5, 0.6) is 0 Å². The molecule has 0 amide bonds. The Morgan fingerprint density at radius 3 is 2.00 bits per heavy atom.